The second-order valence-corrected chi connectivity index (χ2v) is 9.00. The van der Waals surface area contributed by atoms with Crippen LogP contribution in [0.4, 0.5) is 5.69 Å². The van der Waals surface area contributed by atoms with Crippen molar-refractivity contribution in [2.24, 2.45) is 0 Å². The summed E-state index contributed by atoms with van der Waals surface area (Å²) in [4.78, 5) is 3.47. The van der Waals surface area contributed by atoms with Gasteiger partial charge in [-0.05, 0) is 54.4 Å². The van der Waals surface area contributed by atoms with Crippen LogP contribution >= 0.6 is 11.8 Å². The summed E-state index contributed by atoms with van der Waals surface area (Å²) in [5.74, 6) is 3.31. The molecule has 7 heteroatoms. The highest BCUT2D eigenvalue weighted by Gasteiger charge is 2.26. The molecular weight excluding hydrogens is 426 g/mol. The maximum atomic E-state index is 10.5. The average molecular weight is 452 g/mol. The lowest BCUT2D eigenvalue weighted by Gasteiger charge is -2.25. The molecule has 0 amide bonds. The molecule has 0 bridgehead atoms. The maximum absolute atomic E-state index is 10.5. The Bertz CT molecular complexity index is 1140. The van der Waals surface area contributed by atoms with Crippen molar-refractivity contribution < 1.29 is 24.1 Å². The molecule has 1 unspecified atom stereocenters. The molecule has 0 radical (unpaired) electrons. The van der Waals surface area contributed by atoms with Gasteiger partial charge in [0.05, 0.1) is 19.9 Å². The van der Waals surface area contributed by atoms with E-state index in [0.29, 0.717) is 12.3 Å². The van der Waals surface area contributed by atoms with Gasteiger partial charge in [-0.15, -0.1) is 11.8 Å². The third kappa shape index (κ3) is 4.00. The van der Waals surface area contributed by atoms with Crippen LogP contribution in [-0.2, 0) is 6.54 Å². The number of anilines is 1. The van der Waals surface area contributed by atoms with E-state index >= 15 is 0 Å². The van der Waals surface area contributed by atoms with E-state index in [1.165, 1.54) is 5.56 Å². The van der Waals surface area contributed by atoms with Crippen molar-refractivity contribution in [3.63, 3.8) is 0 Å². The fourth-order valence-electron chi connectivity index (χ4n) is 4.11. The van der Waals surface area contributed by atoms with E-state index in [-0.39, 0.29) is 17.8 Å². The van der Waals surface area contributed by atoms with Crippen LogP contribution in [0.15, 0.2) is 59.5 Å². The van der Waals surface area contributed by atoms with E-state index in [1.54, 1.807) is 20.3 Å². The molecule has 3 aromatic carbocycles. The molecule has 6 nitrogen and oxygen atoms in total. The summed E-state index contributed by atoms with van der Waals surface area (Å²) >= 11 is 1.83. The van der Waals surface area contributed by atoms with Crippen molar-refractivity contribution in [2.45, 2.75) is 23.1 Å². The van der Waals surface area contributed by atoms with Crippen LogP contribution in [0.25, 0.3) is 0 Å². The molecule has 2 heterocycles. The number of fused-ring (bicyclic) bond motifs is 2. The van der Waals surface area contributed by atoms with Gasteiger partial charge >= 0.3 is 0 Å². The number of hydrogen-bond donors (Lipinski definition) is 1. The highest BCUT2D eigenvalue weighted by Crippen LogP contribution is 2.48. The zero-order valence-corrected chi connectivity index (χ0v) is 18.9. The molecule has 2 aliphatic heterocycles. The molecule has 0 aliphatic carbocycles. The van der Waals surface area contributed by atoms with Gasteiger partial charge in [0.15, 0.2) is 11.5 Å². The second-order valence-electron chi connectivity index (χ2n) is 7.76. The van der Waals surface area contributed by atoms with E-state index in [2.05, 4.69) is 29.2 Å². The number of methoxy groups -OCH3 is 2. The van der Waals surface area contributed by atoms with Crippen LogP contribution in [0.2, 0.25) is 0 Å². The van der Waals surface area contributed by atoms with Gasteiger partial charge in [0.2, 0.25) is 6.79 Å². The first-order valence-electron chi connectivity index (χ1n) is 10.5. The van der Waals surface area contributed by atoms with Crippen LogP contribution in [0, 0.1) is 0 Å². The molecule has 0 saturated carbocycles. The molecule has 166 valence electrons. The normalized spacial score (nSPS) is 16.9. The largest absolute Gasteiger partial charge is 0.507 e. The predicted octanol–water partition coefficient (Wildman–Crippen LogP) is 5.38. The number of rotatable bonds is 5. The van der Waals surface area contributed by atoms with Crippen molar-refractivity contribution in [3.8, 4) is 28.7 Å². The van der Waals surface area contributed by atoms with Gasteiger partial charge in [-0.3, -0.25) is 0 Å². The third-order valence-corrected chi connectivity index (χ3v) is 7.23. The van der Waals surface area contributed by atoms with E-state index in [4.69, 9.17) is 18.9 Å². The Morgan fingerprint density at radius 3 is 2.56 bits per heavy atom. The van der Waals surface area contributed by atoms with Crippen molar-refractivity contribution >= 4 is 17.4 Å². The Hall–Kier alpha value is -3.19. The monoisotopic (exact) mass is 451 g/mol. The first-order valence-corrected chi connectivity index (χ1v) is 11.4. The van der Waals surface area contributed by atoms with Crippen molar-refractivity contribution in [1.29, 1.82) is 0 Å². The van der Waals surface area contributed by atoms with E-state index in [0.717, 1.165) is 46.4 Å². The summed E-state index contributed by atoms with van der Waals surface area (Å²) < 4.78 is 21.8. The Morgan fingerprint density at radius 2 is 1.75 bits per heavy atom. The number of hydrogen-bond acceptors (Lipinski definition) is 7. The molecule has 1 atom stereocenters. The zero-order chi connectivity index (χ0) is 22.1. The molecular formula is C25H25NO5S. The van der Waals surface area contributed by atoms with Gasteiger partial charge in [0, 0.05) is 34.9 Å². The van der Waals surface area contributed by atoms with Crippen LogP contribution in [0.3, 0.4) is 0 Å². The van der Waals surface area contributed by atoms with Crippen LogP contribution in [0.5, 0.6) is 28.7 Å². The molecule has 1 N–H and O–H groups in total. The Labute approximate surface area is 191 Å². The predicted molar refractivity (Wildman–Crippen MR) is 124 cm³/mol. The lowest BCUT2D eigenvalue weighted by Crippen LogP contribution is -2.24. The average Bonchev–Trinajstić information content (AvgIpc) is 3.22. The summed E-state index contributed by atoms with van der Waals surface area (Å²) in [7, 11) is 3.28. The number of thioether (sulfide) groups is 1. The van der Waals surface area contributed by atoms with E-state index in [1.807, 2.05) is 36.0 Å². The van der Waals surface area contributed by atoms with Gasteiger partial charge in [-0.25, -0.2) is 0 Å². The highest BCUT2D eigenvalue weighted by atomic mass is 32.2. The summed E-state index contributed by atoms with van der Waals surface area (Å²) in [6, 6.07) is 17.8. The lowest BCUT2D eigenvalue weighted by molar-refractivity contribution is 0.174. The van der Waals surface area contributed by atoms with Crippen molar-refractivity contribution in [2.75, 3.05) is 32.5 Å². The summed E-state index contributed by atoms with van der Waals surface area (Å²) in [5.41, 5.74) is 3.20. The molecule has 3 aromatic rings. The van der Waals surface area contributed by atoms with Gasteiger partial charge in [-0.2, -0.15) is 0 Å². The number of aromatic hydroxyl groups is 1. The first kappa shape index (κ1) is 20.7. The molecule has 0 fully saturated rings. The number of nitrogens with zero attached hydrogens (tertiary/aromatic N) is 1. The smallest absolute Gasteiger partial charge is 0.231 e. The quantitative estimate of drug-likeness (QED) is 0.559. The standard InChI is InChI=1S/C25H25NO5S/c1-28-18-5-3-17(21(27)12-18)14-26-10-9-24(16-4-8-22-23(11-16)31-15-30-22)32-25-13-19(29-2)6-7-20(25)26/h3-8,11-13,24,27H,9-10,14-15H2,1-2H3. The first-order chi connectivity index (χ1) is 15.6. The van der Waals surface area contributed by atoms with Crippen molar-refractivity contribution in [1.82, 2.24) is 0 Å². The highest BCUT2D eigenvalue weighted by molar-refractivity contribution is 7.99. The second kappa shape index (κ2) is 8.74. The molecule has 5 rings (SSSR count). The molecule has 0 aromatic heterocycles. The lowest BCUT2D eigenvalue weighted by atomic mass is 10.1. The van der Waals surface area contributed by atoms with E-state index in [9.17, 15) is 5.11 Å². The van der Waals surface area contributed by atoms with Gasteiger partial charge in [-0.1, -0.05) is 6.07 Å². The fraction of sp³-hybridized carbons (Fsp3) is 0.280. The number of phenolic OH excluding ortho intramolecular Hbond substituents is 1. The molecule has 0 spiro atoms. The number of ether oxygens (including phenoxy) is 4. The van der Waals surface area contributed by atoms with Crippen LogP contribution in [0.1, 0.15) is 22.8 Å². The van der Waals surface area contributed by atoms with Crippen LogP contribution < -0.4 is 23.8 Å². The minimum Gasteiger partial charge on any atom is -0.507 e. The summed E-state index contributed by atoms with van der Waals surface area (Å²) in [5, 5.41) is 10.8. The Morgan fingerprint density at radius 1 is 0.969 bits per heavy atom. The third-order valence-electron chi connectivity index (χ3n) is 5.86. The van der Waals surface area contributed by atoms with Gasteiger partial charge in [0.1, 0.15) is 17.2 Å². The van der Waals surface area contributed by atoms with Gasteiger partial charge in [0.25, 0.3) is 0 Å². The minimum absolute atomic E-state index is 0.239. The zero-order valence-electron chi connectivity index (χ0n) is 18.0. The topological polar surface area (TPSA) is 60.4 Å². The van der Waals surface area contributed by atoms with Crippen molar-refractivity contribution in [3.05, 3.63) is 65.7 Å². The summed E-state index contributed by atoms with van der Waals surface area (Å²) in [6.45, 7) is 1.72. The Kier molecular flexibility index (Phi) is 5.66. The maximum Gasteiger partial charge on any atom is 0.231 e. The van der Waals surface area contributed by atoms with Gasteiger partial charge < -0.3 is 29.0 Å². The number of benzene rings is 3. The fourth-order valence-corrected chi connectivity index (χ4v) is 5.42. The van der Waals surface area contributed by atoms with E-state index < -0.39 is 0 Å². The minimum atomic E-state index is 0.239. The number of phenols is 1. The molecule has 32 heavy (non-hydrogen) atoms. The van der Waals surface area contributed by atoms with Crippen LogP contribution in [-0.4, -0.2) is 32.7 Å². The summed E-state index contributed by atoms with van der Waals surface area (Å²) in [6.07, 6.45) is 0.943. The Balaban J connectivity index is 1.47. The SMILES string of the molecule is COc1ccc(CN2CCC(c3ccc4c(c3)OCO4)Sc3cc(OC)ccc32)c(O)c1. The molecule has 0 saturated heterocycles. The molecule has 2 aliphatic rings.